The zero-order chi connectivity index (χ0) is 12.4. The number of hydrogen-bond donors (Lipinski definition) is 1. The fraction of sp³-hybridized carbons (Fsp3) is 0.600. The standard InChI is InChI=1S/C15H21ClO/c1-10-7-11(2)9-13(8-10)15(17)12-3-5-14(16)6-4-12/h3-6,10-11,13,15,17H,7-9H2,1-2H3. The number of aliphatic hydroxyl groups excluding tert-OH is 1. The zero-order valence-corrected chi connectivity index (χ0v) is 11.3. The average Bonchev–Trinajstić information content (AvgIpc) is 2.28. The molecular weight excluding hydrogens is 232 g/mol. The molecule has 1 saturated carbocycles. The Balaban J connectivity index is 2.08. The second-order valence-corrected chi connectivity index (χ2v) is 6.11. The number of rotatable bonds is 2. The molecule has 1 fully saturated rings. The summed E-state index contributed by atoms with van der Waals surface area (Å²) >= 11 is 5.87. The van der Waals surface area contributed by atoms with Crippen molar-refractivity contribution < 1.29 is 5.11 Å². The van der Waals surface area contributed by atoms with E-state index in [4.69, 9.17) is 11.6 Å². The number of hydrogen-bond acceptors (Lipinski definition) is 1. The molecule has 1 aromatic rings. The lowest BCUT2D eigenvalue weighted by Gasteiger charge is -2.34. The van der Waals surface area contributed by atoms with Gasteiger partial charge in [-0.05, 0) is 54.7 Å². The van der Waals surface area contributed by atoms with Gasteiger partial charge in [0.2, 0.25) is 0 Å². The van der Waals surface area contributed by atoms with Crippen LogP contribution in [0.25, 0.3) is 0 Å². The van der Waals surface area contributed by atoms with Crippen molar-refractivity contribution >= 4 is 11.6 Å². The van der Waals surface area contributed by atoms with E-state index in [-0.39, 0.29) is 6.10 Å². The normalized spacial score (nSPS) is 31.2. The first-order valence-corrected chi connectivity index (χ1v) is 6.87. The molecule has 3 unspecified atom stereocenters. The van der Waals surface area contributed by atoms with E-state index in [1.54, 1.807) is 0 Å². The lowest BCUT2D eigenvalue weighted by Crippen LogP contribution is -2.24. The molecule has 1 nitrogen and oxygen atoms in total. The Morgan fingerprint density at radius 3 is 2.12 bits per heavy atom. The maximum Gasteiger partial charge on any atom is 0.0818 e. The van der Waals surface area contributed by atoms with Gasteiger partial charge >= 0.3 is 0 Å². The summed E-state index contributed by atoms with van der Waals surface area (Å²) < 4.78 is 0. The van der Waals surface area contributed by atoms with Crippen LogP contribution in [0, 0.1) is 17.8 Å². The lowest BCUT2D eigenvalue weighted by molar-refractivity contribution is 0.0552. The van der Waals surface area contributed by atoms with Crippen LogP contribution in [0.5, 0.6) is 0 Å². The highest BCUT2D eigenvalue weighted by Gasteiger charge is 2.29. The summed E-state index contributed by atoms with van der Waals surface area (Å²) in [6.45, 7) is 4.58. The third kappa shape index (κ3) is 3.23. The quantitative estimate of drug-likeness (QED) is 0.825. The first-order chi connectivity index (χ1) is 8.06. The Kier molecular flexibility index (Phi) is 4.11. The van der Waals surface area contributed by atoms with Crippen LogP contribution in [-0.2, 0) is 0 Å². The van der Waals surface area contributed by atoms with Crippen molar-refractivity contribution in [1.29, 1.82) is 0 Å². The topological polar surface area (TPSA) is 20.2 Å². The Morgan fingerprint density at radius 1 is 1.06 bits per heavy atom. The van der Waals surface area contributed by atoms with Gasteiger partial charge in [-0.25, -0.2) is 0 Å². The van der Waals surface area contributed by atoms with Crippen molar-refractivity contribution in [1.82, 2.24) is 0 Å². The summed E-state index contributed by atoms with van der Waals surface area (Å²) in [7, 11) is 0. The first kappa shape index (κ1) is 12.9. The van der Waals surface area contributed by atoms with Gasteiger partial charge < -0.3 is 5.11 Å². The molecule has 0 aliphatic heterocycles. The van der Waals surface area contributed by atoms with Crippen LogP contribution in [0.3, 0.4) is 0 Å². The van der Waals surface area contributed by atoms with E-state index < -0.39 is 0 Å². The molecule has 0 spiro atoms. The summed E-state index contributed by atoms with van der Waals surface area (Å²) in [4.78, 5) is 0. The van der Waals surface area contributed by atoms with Crippen molar-refractivity contribution in [3.63, 3.8) is 0 Å². The molecule has 0 heterocycles. The lowest BCUT2D eigenvalue weighted by atomic mass is 9.73. The van der Waals surface area contributed by atoms with E-state index in [0.717, 1.165) is 35.3 Å². The second kappa shape index (κ2) is 5.41. The van der Waals surface area contributed by atoms with Gasteiger partial charge in [0, 0.05) is 5.02 Å². The van der Waals surface area contributed by atoms with E-state index in [1.165, 1.54) is 6.42 Å². The molecule has 0 aromatic heterocycles. The monoisotopic (exact) mass is 252 g/mol. The van der Waals surface area contributed by atoms with Crippen molar-refractivity contribution in [2.75, 3.05) is 0 Å². The van der Waals surface area contributed by atoms with Gasteiger partial charge in [0.05, 0.1) is 6.10 Å². The summed E-state index contributed by atoms with van der Waals surface area (Å²) in [6.07, 6.45) is 3.23. The van der Waals surface area contributed by atoms with E-state index >= 15 is 0 Å². The van der Waals surface area contributed by atoms with Gasteiger partial charge in [0.1, 0.15) is 0 Å². The smallest absolute Gasteiger partial charge is 0.0818 e. The maximum absolute atomic E-state index is 10.4. The number of benzene rings is 1. The summed E-state index contributed by atoms with van der Waals surface area (Å²) in [5.74, 6) is 1.85. The minimum atomic E-state index is -0.336. The molecule has 1 aliphatic rings. The van der Waals surface area contributed by atoms with Crippen LogP contribution in [0.2, 0.25) is 5.02 Å². The van der Waals surface area contributed by atoms with E-state index in [2.05, 4.69) is 13.8 Å². The SMILES string of the molecule is CC1CC(C)CC(C(O)c2ccc(Cl)cc2)C1. The Morgan fingerprint density at radius 2 is 1.59 bits per heavy atom. The molecule has 0 amide bonds. The highest BCUT2D eigenvalue weighted by Crippen LogP contribution is 2.39. The molecule has 1 N–H and O–H groups in total. The minimum absolute atomic E-state index is 0.336. The van der Waals surface area contributed by atoms with E-state index in [0.29, 0.717) is 5.92 Å². The largest absolute Gasteiger partial charge is 0.388 e. The summed E-state index contributed by atoms with van der Waals surface area (Å²) in [6, 6.07) is 7.60. The third-order valence-electron chi connectivity index (χ3n) is 3.87. The highest BCUT2D eigenvalue weighted by atomic mass is 35.5. The first-order valence-electron chi connectivity index (χ1n) is 6.49. The molecule has 1 aromatic carbocycles. The third-order valence-corrected chi connectivity index (χ3v) is 4.12. The van der Waals surface area contributed by atoms with Crippen molar-refractivity contribution in [3.05, 3.63) is 34.9 Å². The molecule has 1 aliphatic carbocycles. The van der Waals surface area contributed by atoms with Crippen LogP contribution in [0.4, 0.5) is 0 Å². The molecule has 94 valence electrons. The van der Waals surface area contributed by atoms with Gasteiger partial charge in [-0.1, -0.05) is 37.6 Å². The molecule has 0 radical (unpaired) electrons. The van der Waals surface area contributed by atoms with Crippen LogP contribution in [0.15, 0.2) is 24.3 Å². The average molecular weight is 253 g/mol. The van der Waals surface area contributed by atoms with Crippen LogP contribution in [0.1, 0.15) is 44.8 Å². The van der Waals surface area contributed by atoms with Gasteiger partial charge in [-0.15, -0.1) is 0 Å². The Bertz CT molecular complexity index is 350. The summed E-state index contributed by atoms with van der Waals surface area (Å²) in [5.41, 5.74) is 1.00. The Labute approximate surface area is 109 Å². The Hall–Kier alpha value is -0.530. The number of aliphatic hydroxyl groups is 1. The van der Waals surface area contributed by atoms with E-state index in [9.17, 15) is 5.11 Å². The van der Waals surface area contributed by atoms with Crippen molar-refractivity contribution in [2.24, 2.45) is 17.8 Å². The van der Waals surface area contributed by atoms with Gasteiger partial charge in [0.15, 0.2) is 0 Å². The molecule has 2 heteroatoms. The highest BCUT2D eigenvalue weighted by molar-refractivity contribution is 6.30. The van der Waals surface area contributed by atoms with Gasteiger partial charge in [-0.3, -0.25) is 0 Å². The summed E-state index contributed by atoms with van der Waals surface area (Å²) in [5, 5.41) is 11.2. The molecule has 0 saturated heterocycles. The zero-order valence-electron chi connectivity index (χ0n) is 10.6. The van der Waals surface area contributed by atoms with Crippen molar-refractivity contribution in [3.8, 4) is 0 Å². The van der Waals surface area contributed by atoms with Crippen LogP contribution < -0.4 is 0 Å². The number of halogens is 1. The van der Waals surface area contributed by atoms with Crippen molar-refractivity contribution in [2.45, 2.75) is 39.2 Å². The predicted molar refractivity (Wildman–Crippen MR) is 72.1 cm³/mol. The van der Waals surface area contributed by atoms with Crippen LogP contribution >= 0.6 is 11.6 Å². The molecule has 2 rings (SSSR count). The second-order valence-electron chi connectivity index (χ2n) is 5.67. The van der Waals surface area contributed by atoms with Crippen LogP contribution in [-0.4, -0.2) is 5.11 Å². The molecule has 17 heavy (non-hydrogen) atoms. The minimum Gasteiger partial charge on any atom is -0.388 e. The molecule has 0 bridgehead atoms. The maximum atomic E-state index is 10.4. The fourth-order valence-corrected chi connectivity index (χ4v) is 3.33. The van der Waals surface area contributed by atoms with Gasteiger partial charge in [-0.2, -0.15) is 0 Å². The predicted octanol–water partition coefficient (Wildman–Crippen LogP) is 4.45. The fourth-order valence-electron chi connectivity index (χ4n) is 3.20. The molecular formula is C15H21ClO. The van der Waals surface area contributed by atoms with Gasteiger partial charge in [0.25, 0.3) is 0 Å². The van der Waals surface area contributed by atoms with E-state index in [1.807, 2.05) is 24.3 Å². The molecule has 3 atom stereocenters.